The van der Waals surface area contributed by atoms with Crippen molar-refractivity contribution >= 4 is 12.4 Å². The van der Waals surface area contributed by atoms with Crippen LogP contribution >= 0.6 is 12.4 Å². The zero-order valence-electron chi connectivity index (χ0n) is 5.95. The molecule has 2 nitrogen and oxygen atoms in total. The van der Waals surface area contributed by atoms with Crippen molar-refractivity contribution in [3.63, 3.8) is 0 Å². The second-order valence-electron chi connectivity index (χ2n) is 2.00. The van der Waals surface area contributed by atoms with Crippen molar-refractivity contribution < 1.29 is 13.2 Å². The molecular formula is C5H12ClF3N2. The Hall–Kier alpha value is -0.0000000000000000555. The summed E-state index contributed by atoms with van der Waals surface area (Å²) < 4.78 is 33.1. The quantitative estimate of drug-likeness (QED) is 0.511. The van der Waals surface area contributed by atoms with E-state index in [1.165, 1.54) is 0 Å². The minimum atomic E-state index is -2.25. The highest BCUT2D eigenvalue weighted by Gasteiger charge is 2.43. The van der Waals surface area contributed by atoms with Crippen LogP contribution in [0.4, 0.5) is 13.2 Å². The Morgan fingerprint density at radius 2 is 1.73 bits per heavy atom. The Kier molecular flexibility index (Phi) is 8.26. The molecule has 1 aliphatic rings. The number of halogens is 4. The highest BCUT2D eigenvalue weighted by Crippen LogP contribution is 2.40. The summed E-state index contributed by atoms with van der Waals surface area (Å²) in [6.45, 7) is -0.142. The van der Waals surface area contributed by atoms with Gasteiger partial charge in [0.25, 0.3) is 0 Å². The highest BCUT2D eigenvalue weighted by atomic mass is 35.5. The van der Waals surface area contributed by atoms with E-state index in [1.54, 1.807) is 0 Å². The summed E-state index contributed by atoms with van der Waals surface area (Å²) in [4.78, 5) is 0. The average Bonchev–Trinajstić information content (AvgIpc) is 2.50. The molecule has 0 aromatic heterocycles. The molecular weight excluding hydrogens is 181 g/mol. The van der Waals surface area contributed by atoms with Crippen molar-refractivity contribution in [2.45, 2.75) is 18.8 Å². The first-order chi connectivity index (χ1) is 4.62. The molecule has 0 radical (unpaired) electrons. The van der Waals surface area contributed by atoms with Crippen molar-refractivity contribution in [2.24, 2.45) is 5.84 Å². The molecule has 3 N–H and O–H groups in total. The van der Waals surface area contributed by atoms with Crippen LogP contribution < -0.4 is 11.3 Å². The van der Waals surface area contributed by atoms with Gasteiger partial charge in [-0.05, 0) is 0 Å². The summed E-state index contributed by atoms with van der Waals surface area (Å²) in [5.74, 6) is 2.40. The van der Waals surface area contributed by atoms with Crippen molar-refractivity contribution in [1.29, 1.82) is 0 Å². The van der Waals surface area contributed by atoms with Gasteiger partial charge in [-0.15, -0.1) is 12.4 Å². The highest BCUT2D eigenvalue weighted by molar-refractivity contribution is 5.85. The molecule has 0 aliphatic heterocycles. The third-order valence-electron chi connectivity index (χ3n) is 0.867. The fourth-order valence-electron chi connectivity index (χ4n) is 0.149. The molecule has 0 saturated heterocycles. The first kappa shape index (κ1) is 13.6. The zero-order valence-corrected chi connectivity index (χ0v) is 6.76. The molecule has 1 fully saturated rings. The Morgan fingerprint density at radius 1 is 1.36 bits per heavy atom. The van der Waals surface area contributed by atoms with E-state index in [0.29, 0.717) is 0 Å². The fraction of sp³-hybridized carbons (Fsp3) is 1.00. The van der Waals surface area contributed by atoms with Gasteiger partial charge in [-0.1, -0.05) is 0 Å². The van der Waals surface area contributed by atoms with Crippen molar-refractivity contribution in [3.8, 4) is 0 Å². The van der Waals surface area contributed by atoms with Crippen LogP contribution in [-0.2, 0) is 0 Å². The maximum atomic E-state index is 11.1. The standard InChI is InChI=1S/C3H4F2.C2H7FN2.ClH/c4-3(5)1-2-3;3-1-2-5-4;/h1-2H2;5H,1-2,4H2;1H. The van der Waals surface area contributed by atoms with Crippen LogP contribution in [0.25, 0.3) is 0 Å². The van der Waals surface area contributed by atoms with Gasteiger partial charge in [0.2, 0.25) is 5.92 Å². The number of alkyl halides is 3. The normalized spacial score (nSPS) is 17.5. The monoisotopic (exact) mass is 192 g/mol. The first-order valence-electron chi connectivity index (χ1n) is 2.99. The number of hydrogen-bond acceptors (Lipinski definition) is 2. The van der Waals surface area contributed by atoms with Crippen molar-refractivity contribution in [1.82, 2.24) is 5.43 Å². The zero-order chi connectivity index (χ0) is 8.04. The Labute approximate surface area is 69.7 Å². The molecule has 0 spiro atoms. The minimum Gasteiger partial charge on any atom is -0.271 e. The molecule has 1 saturated carbocycles. The van der Waals surface area contributed by atoms with Gasteiger partial charge in [0.1, 0.15) is 6.67 Å². The van der Waals surface area contributed by atoms with Crippen LogP contribution in [0.1, 0.15) is 12.8 Å². The van der Waals surface area contributed by atoms with Crippen LogP contribution in [0.15, 0.2) is 0 Å². The number of hydrazine groups is 1. The molecule has 1 rings (SSSR count). The fourth-order valence-corrected chi connectivity index (χ4v) is 0.149. The summed E-state index contributed by atoms with van der Waals surface area (Å²) in [6, 6.07) is 0. The largest absolute Gasteiger partial charge is 0.271 e. The Bertz CT molecular complexity index is 83.8. The molecule has 0 aromatic carbocycles. The van der Waals surface area contributed by atoms with Gasteiger partial charge in [0.05, 0.1) is 0 Å². The summed E-state index contributed by atoms with van der Waals surface area (Å²) in [6.07, 6.45) is 0.236. The van der Waals surface area contributed by atoms with E-state index in [1.807, 2.05) is 0 Å². The van der Waals surface area contributed by atoms with Crippen molar-refractivity contribution in [2.75, 3.05) is 13.2 Å². The average molecular weight is 193 g/mol. The number of nitrogens with one attached hydrogen (secondary N) is 1. The van der Waals surface area contributed by atoms with Crippen LogP contribution in [0.5, 0.6) is 0 Å². The van der Waals surface area contributed by atoms with E-state index in [-0.39, 0.29) is 31.8 Å². The van der Waals surface area contributed by atoms with Gasteiger partial charge in [0.15, 0.2) is 0 Å². The van der Waals surface area contributed by atoms with E-state index >= 15 is 0 Å². The molecule has 6 heteroatoms. The SMILES string of the molecule is Cl.FC1(F)CC1.NNCCF. The lowest BCUT2D eigenvalue weighted by Crippen LogP contribution is -2.23. The molecule has 70 valence electrons. The Balaban J connectivity index is 0. The number of nitrogens with two attached hydrogens (primary N) is 1. The number of rotatable bonds is 2. The predicted molar refractivity (Wildman–Crippen MR) is 39.6 cm³/mol. The first-order valence-corrected chi connectivity index (χ1v) is 2.99. The van der Waals surface area contributed by atoms with Crippen molar-refractivity contribution in [3.05, 3.63) is 0 Å². The molecule has 0 heterocycles. The van der Waals surface area contributed by atoms with Gasteiger partial charge < -0.3 is 0 Å². The second-order valence-corrected chi connectivity index (χ2v) is 2.00. The summed E-state index contributed by atoms with van der Waals surface area (Å²) >= 11 is 0. The van der Waals surface area contributed by atoms with Crippen LogP contribution in [0, 0.1) is 0 Å². The molecule has 0 unspecified atom stereocenters. The van der Waals surface area contributed by atoms with Gasteiger partial charge >= 0.3 is 0 Å². The topological polar surface area (TPSA) is 38.0 Å². The van der Waals surface area contributed by atoms with Gasteiger partial charge in [-0.3, -0.25) is 11.3 Å². The van der Waals surface area contributed by atoms with Gasteiger partial charge in [-0.2, -0.15) is 0 Å². The Morgan fingerprint density at radius 3 is 1.73 bits per heavy atom. The molecule has 0 bridgehead atoms. The lowest BCUT2D eigenvalue weighted by atomic mass is 10.8. The summed E-state index contributed by atoms with van der Waals surface area (Å²) in [5.41, 5.74) is 2.14. The van der Waals surface area contributed by atoms with Crippen LogP contribution in [0.2, 0.25) is 0 Å². The van der Waals surface area contributed by atoms with E-state index in [2.05, 4.69) is 11.3 Å². The van der Waals surface area contributed by atoms with Gasteiger partial charge in [0, 0.05) is 19.4 Å². The summed E-state index contributed by atoms with van der Waals surface area (Å²) in [5, 5.41) is 0. The van der Waals surface area contributed by atoms with E-state index in [0.717, 1.165) is 0 Å². The van der Waals surface area contributed by atoms with Crippen LogP contribution in [-0.4, -0.2) is 19.1 Å². The second kappa shape index (κ2) is 6.69. The lowest BCUT2D eigenvalue weighted by molar-refractivity contribution is 0.120. The molecule has 0 atom stereocenters. The maximum absolute atomic E-state index is 11.1. The molecule has 11 heavy (non-hydrogen) atoms. The third-order valence-corrected chi connectivity index (χ3v) is 0.867. The van der Waals surface area contributed by atoms with Gasteiger partial charge in [-0.25, -0.2) is 13.2 Å². The van der Waals surface area contributed by atoms with Crippen LogP contribution in [0.3, 0.4) is 0 Å². The summed E-state index contributed by atoms with van der Waals surface area (Å²) in [7, 11) is 0. The lowest BCUT2D eigenvalue weighted by Gasteiger charge is -1.82. The number of hydrogen-bond donors (Lipinski definition) is 2. The molecule has 1 aliphatic carbocycles. The maximum Gasteiger partial charge on any atom is 0.248 e. The van der Waals surface area contributed by atoms with E-state index < -0.39 is 12.6 Å². The van der Waals surface area contributed by atoms with E-state index in [4.69, 9.17) is 0 Å². The predicted octanol–water partition coefficient (Wildman–Crippen LogP) is 1.26. The molecule has 0 aromatic rings. The third kappa shape index (κ3) is 13.1. The minimum absolute atomic E-state index is 0. The van der Waals surface area contributed by atoms with E-state index in [9.17, 15) is 13.2 Å². The molecule has 0 amide bonds. The smallest absolute Gasteiger partial charge is 0.248 e.